The fourth-order valence-corrected chi connectivity index (χ4v) is 1.89. The molecule has 5 heteroatoms. The van der Waals surface area contributed by atoms with Gasteiger partial charge in [-0.15, -0.1) is 0 Å². The highest BCUT2D eigenvalue weighted by Crippen LogP contribution is 2.27. The van der Waals surface area contributed by atoms with Gasteiger partial charge < -0.3 is 9.52 Å². The number of carboxylic acid groups (broad SMARTS) is 1. The van der Waals surface area contributed by atoms with Gasteiger partial charge in [0.1, 0.15) is 0 Å². The number of aryl methyl sites for hydroxylation is 2. The molecule has 0 saturated heterocycles. The Morgan fingerprint density at radius 2 is 2.12 bits per heavy atom. The summed E-state index contributed by atoms with van der Waals surface area (Å²) in [7, 11) is 0. The number of aromatic nitrogens is 1. The average Bonchev–Trinajstić information content (AvgIpc) is 2.64. The number of halogens is 1. The van der Waals surface area contributed by atoms with E-state index in [2.05, 4.69) is 27.6 Å². The van der Waals surface area contributed by atoms with Crippen LogP contribution in [0.1, 0.15) is 21.9 Å². The van der Waals surface area contributed by atoms with Gasteiger partial charge in [0, 0.05) is 16.1 Å². The molecule has 1 aromatic heterocycles. The predicted molar refractivity (Wildman–Crippen MR) is 71.1 cm³/mol. The monoisotopic (exact) mass is 343 g/mol. The van der Waals surface area contributed by atoms with Crippen molar-refractivity contribution in [1.82, 2.24) is 4.98 Å². The maximum Gasteiger partial charge on any atom is 0.358 e. The van der Waals surface area contributed by atoms with Crippen LogP contribution in [0.2, 0.25) is 0 Å². The second-order valence-electron chi connectivity index (χ2n) is 3.68. The molecule has 0 fully saturated rings. The molecular weight excluding hydrogens is 333 g/mol. The number of nitrogens with zero attached hydrogens (tertiary/aromatic N) is 1. The summed E-state index contributed by atoms with van der Waals surface area (Å²) in [6, 6.07) is 5.66. The maximum atomic E-state index is 11.0. The van der Waals surface area contributed by atoms with E-state index in [9.17, 15) is 4.79 Å². The lowest BCUT2D eigenvalue weighted by Gasteiger charge is -2.02. The normalized spacial score (nSPS) is 10.5. The largest absolute Gasteiger partial charge is 0.476 e. The zero-order valence-electron chi connectivity index (χ0n) is 9.32. The van der Waals surface area contributed by atoms with Crippen LogP contribution in [0.15, 0.2) is 22.6 Å². The minimum Gasteiger partial charge on any atom is -0.476 e. The van der Waals surface area contributed by atoms with Gasteiger partial charge in [-0.05, 0) is 47.2 Å². The van der Waals surface area contributed by atoms with Crippen LogP contribution in [0.25, 0.3) is 11.3 Å². The van der Waals surface area contributed by atoms with E-state index in [-0.39, 0.29) is 5.69 Å². The molecule has 0 bridgehead atoms. The van der Waals surface area contributed by atoms with Crippen LogP contribution in [0.4, 0.5) is 0 Å². The van der Waals surface area contributed by atoms with Gasteiger partial charge in [-0.25, -0.2) is 9.78 Å². The van der Waals surface area contributed by atoms with Gasteiger partial charge in [-0.1, -0.05) is 6.07 Å². The van der Waals surface area contributed by atoms with E-state index in [0.29, 0.717) is 11.7 Å². The predicted octanol–water partition coefficient (Wildman–Crippen LogP) is 3.26. The Morgan fingerprint density at radius 1 is 1.41 bits per heavy atom. The van der Waals surface area contributed by atoms with E-state index in [1.54, 1.807) is 6.92 Å². The van der Waals surface area contributed by atoms with E-state index in [1.165, 1.54) is 0 Å². The molecule has 1 N–H and O–H groups in total. The summed E-state index contributed by atoms with van der Waals surface area (Å²) < 4.78 is 6.49. The molecule has 0 aliphatic heterocycles. The smallest absolute Gasteiger partial charge is 0.358 e. The minimum absolute atomic E-state index is 0.0388. The van der Waals surface area contributed by atoms with E-state index < -0.39 is 5.97 Å². The average molecular weight is 343 g/mol. The SMILES string of the molecule is Cc1nc(C(=O)O)c(-c2ccc(I)c(C)c2)o1. The van der Waals surface area contributed by atoms with Gasteiger partial charge in [0.05, 0.1) is 0 Å². The molecule has 0 spiro atoms. The summed E-state index contributed by atoms with van der Waals surface area (Å²) >= 11 is 2.23. The molecule has 0 radical (unpaired) electrons. The van der Waals surface area contributed by atoms with E-state index >= 15 is 0 Å². The fraction of sp³-hybridized carbons (Fsp3) is 0.167. The van der Waals surface area contributed by atoms with Crippen LogP contribution in [0.3, 0.4) is 0 Å². The van der Waals surface area contributed by atoms with Crippen LogP contribution in [0.5, 0.6) is 0 Å². The molecule has 2 aromatic rings. The van der Waals surface area contributed by atoms with Gasteiger partial charge in [0.2, 0.25) is 0 Å². The summed E-state index contributed by atoms with van der Waals surface area (Å²) in [6.07, 6.45) is 0. The number of benzene rings is 1. The molecule has 1 heterocycles. The number of hydrogen-bond donors (Lipinski definition) is 1. The van der Waals surface area contributed by atoms with Crippen molar-refractivity contribution >= 4 is 28.6 Å². The van der Waals surface area contributed by atoms with Crippen molar-refractivity contribution in [2.45, 2.75) is 13.8 Å². The Morgan fingerprint density at radius 3 is 2.71 bits per heavy atom. The molecule has 4 nitrogen and oxygen atoms in total. The van der Waals surface area contributed by atoms with Crippen molar-refractivity contribution in [2.75, 3.05) is 0 Å². The first kappa shape index (κ1) is 12.1. The second kappa shape index (κ2) is 4.48. The molecule has 1 aromatic carbocycles. The van der Waals surface area contributed by atoms with Crippen molar-refractivity contribution < 1.29 is 14.3 Å². The highest BCUT2D eigenvalue weighted by molar-refractivity contribution is 14.1. The topological polar surface area (TPSA) is 63.3 Å². The highest BCUT2D eigenvalue weighted by Gasteiger charge is 2.19. The summed E-state index contributed by atoms with van der Waals surface area (Å²) in [6.45, 7) is 3.60. The van der Waals surface area contributed by atoms with Crippen molar-refractivity contribution in [1.29, 1.82) is 0 Å². The number of carboxylic acids is 1. The molecule has 2 rings (SSSR count). The second-order valence-corrected chi connectivity index (χ2v) is 4.84. The van der Waals surface area contributed by atoms with Crippen molar-refractivity contribution in [3.05, 3.63) is 38.9 Å². The lowest BCUT2D eigenvalue weighted by atomic mass is 10.1. The third-order valence-corrected chi connectivity index (χ3v) is 3.57. The van der Waals surface area contributed by atoms with E-state index in [1.807, 2.05) is 25.1 Å². The number of oxazole rings is 1. The zero-order chi connectivity index (χ0) is 12.6. The molecule has 0 amide bonds. The highest BCUT2D eigenvalue weighted by atomic mass is 127. The minimum atomic E-state index is -1.08. The van der Waals surface area contributed by atoms with Gasteiger partial charge in [-0.2, -0.15) is 0 Å². The number of hydrogen-bond acceptors (Lipinski definition) is 3. The van der Waals surface area contributed by atoms with Gasteiger partial charge in [0.25, 0.3) is 0 Å². The maximum absolute atomic E-state index is 11.0. The lowest BCUT2D eigenvalue weighted by molar-refractivity contribution is 0.0691. The lowest BCUT2D eigenvalue weighted by Crippen LogP contribution is -1.99. The first-order valence-electron chi connectivity index (χ1n) is 4.96. The van der Waals surface area contributed by atoms with Crippen LogP contribution in [-0.4, -0.2) is 16.1 Å². The first-order chi connectivity index (χ1) is 7.99. The van der Waals surface area contributed by atoms with Crippen molar-refractivity contribution in [3.63, 3.8) is 0 Å². The molecule has 88 valence electrons. The molecule has 0 saturated carbocycles. The van der Waals surface area contributed by atoms with Crippen molar-refractivity contribution in [2.24, 2.45) is 0 Å². The summed E-state index contributed by atoms with van der Waals surface area (Å²) in [5.74, 6) is -0.406. The summed E-state index contributed by atoms with van der Waals surface area (Å²) in [4.78, 5) is 14.9. The Kier molecular flexibility index (Phi) is 3.19. The standard InChI is InChI=1S/C12H10INO3/c1-6-5-8(3-4-9(6)13)11-10(12(15)16)14-7(2)17-11/h3-5H,1-2H3,(H,15,16). The zero-order valence-corrected chi connectivity index (χ0v) is 11.5. The number of aromatic carboxylic acids is 1. The molecule has 17 heavy (non-hydrogen) atoms. The summed E-state index contributed by atoms with van der Waals surface area (Å²) in [5.41, 5.74) is 1.78. The number of rotatable bonds is 2. The Balaban J connectivity index is 2.59. The molecule has 0 aliphatic carbocycles. The first-order valence-corrected chi connectivity index (χ1v) is 6.04. The number of carbonyl (C=O) groups is 1. The molecule has 0 atom stereocenters. The molecular formula is C12H10INO3. The Labute approximate surface area is 112 Å². The van der Waals surface area contributed by atoms with Crippen LogP contribution in [-0.2, 0) is 0 Å². The van der Waals surface area contributed by atoms with Gasteiger partial charge >= 0.3 is 5.97 Å². The third kappa shape index (κ3) is 2.33. The fourth-order valence-electron chi connectivity index (χ4n) is 1.55. The molecule has 0 aliphatic rings. The third-order valence-electron chi connectivity index (χ3n) is 2.36. The Bertz CT molecular complexity index is 589. The van der Waals surface area contributed by atoms with Crippen molar-refractivity contribution in [3.8, 4) is 11.3 Å². The summed E-state index contributed by atoms with van der Waals surface area (Å²) in [5, 5.41) is 9.04. The van der Waals surface area contributed by atoms with E-state index in [4.69, 9.17) is 9.52 Å². The van der Waals surface area contributed by atoms with Gasteiger partial charge in [0.15, 0.2) is 17.3 Å². The van der Waals surface area contributed by atoms with Crippen LogP contribution < -0.4 is 0 Å². The van der Waals surface area contributed by atoms with Crippen LogP contribution >= 0.6 is 22.6 Å². The molecule has 0 unspecified atom stereocenters. The van der Waals surface area contributed by atoms with Crippen LogP contribution in [0, 0.1) is 17.4 Å². The quantitative estimate of drug-likeness (QED) is 0.851. The Hall–Kier alpha value is -1.37. The van der Waals surface area contributed by atoms with E-state index in [0.717, 1.165) is 14.7 Å². The van der Waals surface area contributed by atoms with Gasteiger partial charge in [-0.3, -0.25) is 0 Å².